The second-order valence-electron chi connectivity index (χ2n) is 4.09. The van der Waals surface area contributed by atoms with Gasteiger partial charge < -0.3 is 14.8 Å². The summed E-state index contributed by atoms with van der Waals surface area (Å²) in [4.78, 5) is 23.0. The molecule has 0 aliphatic heterocycles. The van der Waals surface area contributed by atoms with E-state index in [1.165, 1.54) is 14.2 Å². The first-order valence-corrected chi connectivity index (χ1v) is 5.33. The van der Waals surface area contributed by atoms with E-state index in [4.69, 9.17) is 4.74 Å². The molecule has 0 aliphatic carbocycles. The van der Waals surface area contributed by atoms with Crippen molar-refractivity contribution in [3.05, 3.63) is 0 Å². The van der Waals surface area contributed by atoms with Crippen LogP contribution in [-0.4, -0.2) is 38.2 Å². The van der Waals surface area contributed by atoms with Crippen LogP contribution in [0, 0.1) is 5.92 Å². The molecule has 2 atom stereocenters. The van der Waals surface area contributed by atoms with Gasteiger partial charge in [-0.05, 0) is 19.3 Å². The number of hydrogen-bond donors (Lipinski definition) is 1. The molecule has 0 spiro atoms. The van der Waals surface area contributed by atoms with Gasteiger partial charge in [0.05, 0.1) is 7.11 Å². The molecule has 94 valence electrons. The first-order chi connectivity index (χ1) is 7.42. The standard InChI is InChI=1S/C11H21NO4/c1-7(2)6-9(11(14)16-5)12-10(13)8(3)15-4/h7-9H,6H2,1-5H3,(H,12,13). The lowest BCUT2D eigenvalue weighted by Gasteiger charge is -2.20. The summed E-state index contributed by atoms with van der Waals surface area (Å²) in [6, 6.07) is -0.602. The number of esters is 1. The highest BCUT2D eigenvalue weighted by Gasteiger charge is 2.24. The van der Waals surface area contributed by atoms with Crippen molar-refractivity contribution in [2.75, 3.05) is 14.2 Å². The summed E-state index contributed by atoms with van der Waals surface area (Å²) in [7, 11) is 2.75. The van der Waals surface area contributed by atoms with Crippen LogP contribution in [0.1, 0.15) is 27.2 Å². The quantitative estimate of drug-likeness (QED) is 0.684. The molecule has 2 unspecified atom stereocenters. The third-order valence-corrected chi connectivity index (χ3v) is 2.23. The van der Waals surface area contributed by atoms with Gasteiger partial charge in [0.15, 0.2) is 0 Å². The van der Waals surface area contributed by atoms with Crippen molar-refractivity contribution in [3.8, 4) is 0 Å². The number of carbonyl (C=O) groups excluding carboxylic acids is 2. The molecule has 0 saturated carbocycles. The highest BCUT2D eigenvalue weighted by molar-refractivity contribution is 5.86. The topological polar surface area (TPSA) is 64.6 Å². The number of methoxy groups -OCH3 is 2. The smallest absolute Gasteiger partial charge is 0.328 e. The Bertz CT molecular complexity index is 240. The fourth-order valence-corrected chi connectivity index (χ4v) is 1.22. The second-order valence-corrected chi connectivity index (χ2v) is 4.09. The average Bonchev–Trinajstić information content (AvgIpc) is 2.25. The van der Waals surface area contributed by atoms with Crippen molar-refractivity contribution in [2.24, 2.45) is 5.92 Å². The monoisotopic (exact) mass is 231 g/mol. The summed E-state index contributed by atoms with van der Waals surface area (Å²) in [5.41, 5.74) is 0. The molecule has 0 bridgehead atoms. The highest BCUT2D eigenvalue weighted by atomic mass is 16.5. The van der Waals surface area contributed by atoms with Crippen molar-refractivity contribution >= 4 is 11.9 Å². The van der Waals surface area contributed by atoms with E-state index < -0.39 is 18.1 Å². The lowest BCUT2D eigenvalue weighted by atomic mass is 10.0. The van der Waals surface area contributed by atoms with Crippen LogP contribution in [0.25, 0.3) is 0 Å². The minimum Gasteiger partial charge on any atom is -0.467 e. The summed E-state index contributed by atoms with van der Waals surface area (Å²) in [6.45, 7) is 5.57. The van der Waals surface area contributed by atoms with Gasteiger partial charge >= 0.3 is 5.97 Å². The molecule has 0 aromatic heterocycles. The Morgan fingerprint density at radius 2 is 1.75 bits per heavy atom. The maximum atomic E-state index is 11.5. The minimum atomic E-state index is -0.602. The largest absolute Gasteiger partial charge is 0.467 e. The van der Waals surface area contributed by atoms with Crippen molar-refractivity contribution in [1.29, 1.82) is 0 Å². The number of carbonyl (C=O) groups is 2. The van der Waals surface area contributed by atoms with Gasteiger partial charge in [0.25, 0.3) is 0 Å². The van der Waals surface area contributed by atoms with E-state index in [1.807, 2.05) is 13.8 Å². The normalized spacial score (nSPS) is 14.4. The van der Waals surface area contributed by atoms with Gasteiger partial charge in [-0.2, -0.15) is 0 Å². The van der Waals surface area contributed by atoms with Crippen LogP contribution in [0.3, 0.4) is 0 Å². The van der Waals surface area contributed by atoms with Gasteiger partial charge in [-0.25, -0.2) is 4.79 Å². The fraction of sp³-hybridized carbons (Fsp3) is 0.818. The molecule has 0 saturated heterocycles. The molecular formula is C11H21NO4. The van der Waals surface area contributed by atoms with Crippen LogP contribution in [0.5, 0.6) is 0 Å². The lowest BCUT2D eigenvalue weighted by molar-refractivity contribution is -0.146. The first-order valence-electron chi connectivity index (χ1n) is 5.33. The number of ether oxygens (including phenoxy) is 2. The average molecular weight is 231 g/mol. The number of amides is 1. The molecule has 16 heavy (non-hydrogen) atoms. The first kappa shape index (κ1) is 14.9. The molecule has 0 heterocycles. The Labute approximate surface area is 96.5 Å². The Morgan fingerprint density at radius 3 is 2.12 bits per heavy atom. The molecule has 0 aliphatic rings. The van der Waals surface area contributed by atoms with Gasteiger partial charge in [0, 0.05) is 7.11 Å². The number of rotatable bonds is 6. The predicted molar refractivity (Wildman–Crippen MR) is 59.9 cm³/mol. The van der Waals surface area contributed by atoms with Crippen molar-refractivity contribution in [1.82, 2.24) is 5.32 Å². The zero-order valence-electron chi connectivity index (χ0n) is 10.6. The van der Waals surface area contributed by atoms with E-state index in [0.717, 1.165) is 0 Å². The minimum absolute atomic E-state index is 0.294. The zero-order valence-corrected chi connectivity index (χ0v) is 10.6. The highest BCUT2D eigenvalue weighted by Crippen LogP contribution is 2.06. The van der Waals surface area contributed by atoms with Crippen molar-refractivity contribution < 1.29 is 19.1 Å². The van der Waals surface area contributed by atoms with Crippen LogP contribution in [-0.2, 0) is 19.1 Å². The van der Waals surface area contributed by atoms with E-state index >= 15 is 0 Å². The van der Waals surface area contributed by atoms with E-state index in [0.29, 0.717) is 12.3 Å². The van der Waals surface area contributed by atoms with Gasteiger partial charge in [0.2, 0.25) is 5.91 Å². The molecule has 0 aromatic carbocycles. The number of nitrogens with one attached hydrogen (secondary N) is 1. The molecule has 5 heteroatoms. The zero-order chi connectivity index (χ0) is 12.7. The van der Waals surface area contributed by atoms with Crippen LogP contribution in [0.2, 0.25) is 0 Å². The molecule has 5 nitrogen and oxygen atoms in total. The van der Waals surface area contributed by atoms with Crippen LogP contribution >= 0.6 is 0 Å². The fourth-order valence-electron chi connectivity index (χ4n) is 1.22. The van der Waals surface area contributed by atoms with E-state index in [2.05, 4.69) is 10.1 Å². The SMILES string of the molecule is COC(=O)C(CC(C)C)NC(=O)C(C)OC. The maximum absolute atomic E-state index is 11.5. The third kappa shape index (κ3) is 5.11. The van der Waals surface area contributed by atoms with Crippen molar-refractivity contribution in [2.45, 2.75) is 39.3 Å². The van der Waals surface area contributed by atoms with E-state index in [-0.39, 0.29) is 5.91 Å². The van der Waals surface area contributed by atoms with E-state index in [9.17, 15) is 9.59 Å². The van der Waals surface area contributed by atoms with Crippen LogP contribution in [0.4, 0.5) is 0 Å². The molecule has 0 rings (SSSR count). The summed E-state index contributed by atoms with van der Waals surface area (Å²) >= 11 is 0. The molecule has 1 N–H and O–H groups in total. The maximum Gasteiger partial charge on any atom is 0.328 e. The van der Waals surface area contributed by atoms with Gasteiger partial charge in [-0.1, -0.05) is 13.8 Å². The van der Waals surface area contributed by atoms with Gasteiger partial charge in [-0.15, -0.1) is 0 Å². The lowest BCUT2D eigenvalue weighted by Crippen LogP contribution is -2.46. The summed E-state index contributed by atoms with van der Waals surface area (Å²) in [6.07, 6.45) is -0.0196. The van der Waals surface area contributed by atoms with Gasteiger partial charge in [-0.3, -0.25) is 4.79 Å². The van der Waals surface area contributed by atoms with Crippen molar-refractivity contribution in [3.63, 3.8) is 0 Å². The Kier molecular flexibility index (Phi) is 6.72. The molecule has 0 fully saturated rings. The van der Waals surface area contributed by atoms with E-state index in [1.54, 1.807) is 6.92 Å². The molecular weight excluding hydrogens is 210 g/mol. The Balaban J connectivity index is 4.42. The third-order valence-electron chi connectivity index (χ3n) is 2.23. The second kappa shape index (κ2) is 7.22. The number of hydrogen-bond acceptors (Lipinski definition) is 4. The summed E-state index contributed by atoms with van der Waals surface area (Å²) < 4.78 is 9.50. The summed E-state index contributed by atoms with van der Waals surface area (Å²) in [5.74, 6) is -0.439. The van der Waals surface area contributed by atoms with Gasteiger partial charge in [0.1, 0.15) is 12.1 Å². The Hall–Kier alpha value is -1.10. The van der Waals surface area contributed by atoms with Crippen LogP contribution < -0.4 is 5.32 Å². The molecule has 0 radical (unpaired) electrons. The van der Waals surface area contributed by atoms with Crippen LogP contribution in [0.15, 0.2) is 0 Å². The predicted octanol–water partition coefficient (Wildman–Crippen LogP) is 0.725. The summed E-state index contributed by atoms with van der Waals surface area (Å²) in [5, 5.41) is 2.61. The molecule has 1 amide bonds. The Morgan fingerprint density at radius 1 is 1.19 bits per heavy atom. The molecule has 0 aromatic rings.